The van der Waals surface area contributed by atoms with E-state index in [0.29, 0.717) is 5.02 Å². The summed E-state index contributed by atoms with van der Waals surface area (Å²) in [6, 6.07) is 6.99. The van der Waals surface area contributed by atoms with Crippen LogP contribution in [0, 0.1) is 11.3 Å². The minimum atomic E-state index is -3.50. The van der Waals surface area contributed by atoms with E-state index < -0.39 is 31.9 Å². The molecule has 1 unspecified atom stereocenters. The third kappa shape index (κ3) is 3.05. The Hall–Kier alpha value is -1.00. The summed E-state index contributed by atoms with van der Waals surface area (Å²) in [5.41, 5.74) is 0.0760. The Morgan fingerprint density at radius 1 is 1.57 bits per heavy atom. The first-order valence-corrected chi connectivity index (χ1v) is 4.23. The normalized spacial score (nSPS) is 25.6. The molecule has 0 saturated carbocycles. The molecule has 14 heavy (non-hydrogen) atoms. The standard InChI is InChI=1S/C12H14ClN/c1-2-3-4-11(9-14)10-5-7-12(13)8-6-10/h5-8,11H,2-4H2,1H3/i1D3,2D2,3D2,4D2. The predicted molar refractivity (Wildman–Crippen MR) is 59.3 cm³/mol. The van der Waals surface area contributed by atoms with Crippen molar-refractivity contribution in [2.24, 2.45) is 0 Å². The molecule has 0 heterocycles. The van der Waals surface area contributed by atoms with E-state index >= 15 is 0 Å². The molecule has 1 atom stereocenters. The second kappa shape index (κ2) is 5.67. The van der Waals surface area contributed by atoms with E-state index in [0.717, 1.165) is 0 Å². The zero-order valence-electron chi connectivity index (χ0n) is 16.2. The zero-order chi connectivity index (χ0) is 18.3. The fourth-order valence-corrected chi connectivity index (χ4v) is 1.08. The Labute approximate surface area is 103 Å². The van der Waals surface area contributed by atoms with Gasteiger partial charge in [0, 0.05) is 17.4 Å². The van der Waals surface area contributed by atoms with Gasteiger partial charge in [0.25, 0.3) is 0 Å². The lowest BCUT2D eigenvalue weighted by atomic mass is 9.95. The number of nitrogens with zero attached hydrogens (tertiary/aromatic N) is 1. The van der Waals surface area contributed by atoms with Crippen LogP contribution in [0.4, 0.5) is 0 Å². The van der Waals surface area contributed by atoms with Gasteiger partial charge < -0.3 is 0 Å². The highest BCUT2D eigenvalue weighted by Gasteiger charge is 2.08. The maximum atomic E-state index is 9.26. The minimum Gasteiger partial charge on any atom is -0.198 e. The van der Waals surface area contributed by atoms with Gasteiger partial charge in [-0.05, 0) is 24.1 Å². The Morgan fingerprint density at radius 2 is 2.29 bits per heavy atom. The molecule has 0 aliphatic heterocycles. The number of halogens is 1. The number of benzene rings is 1. The third-order valence-corrected chi connectivity index (χ3v) is 1.86. The molecule has 1 rings (SSSR count). The number of nitriles is 1. The molecule has 0 saturated heterocycles. The van der Waals surface area contributed by atoms with Gasteiger partial charge in [-0.2, -0.15) is 5.26 Å². The van der Waals surface area contributed by atoms with Gasteiger partial charge in [-0.15, -0.1) is 0 Å². The first kappa shape index (κ1) is 3.87. The molecule has 1 aromatic rings. The molecule has 1 aromatic carbocycles. The van der Waals surface area contributed by atoms with Crippen molar-refractivity contribution in [3.8, 4) is 6.07 Å². The van der Waals surface area contributed by atoms with E-state index in [4.69, 9.17) is 23.9 Å². The summed E-state index contributed by atoms with van der Waals surface area (Å²) in [5.74, 6) is -1.72. The summed E-state index contributed by atoms with van der Waals surface area (Å²) >= 11 is 5.71. The Balaban J connectivity index is 3.42. The van der Waals surface area contributed by atoms with Crippen LogP contribution in [0.2, 0.25) is 5.02 Å². The van der Waals surface area contributed by atoms with Crippen LogP contribution in [-0.4, -0.2) is 0 Å². The highest BCUT2D eigenvalue weighted by atomic mass is 35.5. The lowest BCUT2D eigenvalue weighted by molar-refractivity contribution is 0.671. The molecular weight excluding hydrogens is 194 g/mol. The number of hydrogen-bond donors (Lipinski definition) is 0. The van der Waals surface area contributed by atoms with Gasteiger partial charge in [0.2, 0.25) is 0 Å². The summed E-state index contributed by atoms with van der Waals surface area (Å²) in [5, 5.41) is 9.59. The first-order chi connectivity index (χ1) is 10.2. The molecule has 0 radical (unpaired) electrons. The molecule has 0 spiro atoms. The van der Waals surface area contributed by atoms with E-state index in [1.54, 1.807) is 6.07 Å². The van der Waals surface area contributed by atoms with Crippen molar-refractivity contribution >= 4 is 11.6 Å². The lowest BCUT2D eigenvalue weighted by Gasteiger charge is -2.08. The van der Waals surface area contributed by atoms with E-state index in [1.165, 1.54) is 24.3 Å². The summed E-state index contributed by atoms with van der Waals surface area (Å²) in [4.78, 5) is 0. The highest BCUT2D eigenvalue weighted by Crippen LogP contribution is 2.22. The summed E-state index contributed by atoms with van der Waals surface area (Å²) in [6.07, 6.45) is -10.1. The Kier molecular flexibility index (Phi) is 1.57. The molecule has 0 fully saturated rings. The van der Waals surface area contributed by atoms with Crippen molar-refractivity contribution in [1.29, 1.82) is 5.26 Å². The monoisotopic (exact) mass is 216 g/mol. The zero-order valence-corrected chi connectivity index (χ0v) is 7.97. The Bertz CT molecular complexity index is 600. The fourth-order valence-electron chi connectivity index (χ4n) is 0.954. The molecule has 2 heteroatoms. The quantitative estimate of drug-likeness (QED) is 0.742. The molecule has 74 valence electrons. The maximum absolute atomic E-state index is 9.26. The lowest BCUT2D eigenvalue weighted by Crippen LogP contribution is -1.95. The van der Waals surface area contributed by atoms with E-state index in [9.17, 15) is 5.26 Å². The predicted octanol–water partition coefficient (Wildman–Crippen LogP) is 4.14. The topological polar surface area (TPSA) is 23.8 Å². The molecule has 0 amide bonds. The third-order valence-electron chi connectivity index (χ3n) is 1.61. The van der Waals surface area contributed by atoms with E-state index in [1.807, 2.05) is 0 Å². The molecular formula is C12H14ClN. The summed E-state index contributed by atoms with van der Waals surface area (Å²) < 4.78 is 68.1. The van der Waals surface area contributed by atoms with Crippen molar-refractivity contribution in [3.05, 3.63) is 34.9 Å². The van der Waals surface area contributed by atoms with Crippen LogP contribution >= 0.6 is 11.6 Å². The Morgan fingerprint density at radius 3 is 2.86 bits per heavy atom. The van der Waals surface area contributed by atoms with Crippen LogP contribution in [-0.2, 0) is 0 Å². The minimum absolute atomic E-state index is 0.0760. The van der Waals surface area contributed by atoms with Gasteiger partial charge in [-0.25, -0.2) is 0 Å². The molecule has 0 aliphatic carbocycles. The van der Waals surface area contributed by atoms with Gasteiger partial charge in [0.05, 0.1) is 12.0 Å². The van der Waals surface area contributed by atoms with Gasteiger partial charge in [0.1, 0.15) is 0 Å². The summed E-state index contributed by atoms with van der Waals surface area (Å²) in [6.45, 7) is -3.40. The van der Waals surface area contributed by atoms with Crippen molar-refractivity contribution < 1.29 is 12.3 Å². The van der Waals surface area contributed by atoms with Crippen molar-refractivity contribution in [1.82, 2.24) is 0 Å². The van der Waals surface area contributed by atoms with Crippen LogP contribution in [0.5, 0.6) is 0 Å². The van der Waals surface area contributed by atoms with Gasteiger partial charge in [-0.1, -0.05) is 43.3 Å². The van der Waals surface area contributed by atoms with E-state index in [2.05, 4.69) is 0 Å². The van der Waals surface area contributed by atoms with Crippen LogP contribution in [0.15, 0.2) is 24.3 Å². The fraction of sp³-hybridized carbons (Fsp3) is 0.417. The van der Waals surface area contributed by atoms with Crippen molar-refractivity contribution in [3.63, 3.8) is 0 Å². The highest BCUT2D eigenvalue weighted by molar-refractivity contribution is 6.30. The average molecular weight is 217 g/mol. The van der Waals surface area contributed by atoms with Crippen LogP contribution in [0.1, 0.15) is 49.8 Å². The van der Waals surface area contributed by atoms with Crippen molar-refractivity contribution in [2.75, 3.05) is 0 Å². The smallest absolute Gasteiger partial charge is 0.0712 e. The number of rotatable bonds is 4. The number of hydrogen-bond acceptors (Lipinski definition) is 1. The second-order valence-electron chi connectivity index (χ2n) is 2.51. The van der Waals surface area contributed by atoms with Crippen LogP contribution in [0.3, 0.4) is 0 Å². The SMILES string of the molecule is [2H]C([2H])([2H])C([2H])([2H])C([2H])([2H])C([2H])([2H])C(C#N)c1ccc(Cl)cc1. The van der Waals surface area contributed by atoms with Crippen LogP contribution < -0.4 is 0 Å². The van der Waals surface area contributed by atoms with E-state index in [-0.39, 0.29) is 5.56 Å². The average Bonchev–Trinajstić information content (AvgIpc) is 2.39. The van der Waals surface area contributed by atoms with Gasteiger partial charge >= 0.3 is 0 Å². The van der Waals surface area contributed by atoms with Gasteiger partial charge in [0.15, 0.2) is 0 Å². The molecule has 0 aliphatic rings. The first-order valence-electron chi connectivity index (χ1n) is 8.35. The molecule has 1 nitrogen and oxygen atoms in total. The second-order valence-corrected chi connectivity index (χ2v) is 2.94. The molecule has 0 bridgehead atoms. The molecule has 0 N–H and O–H groups in total. The van der Waals surface area contributed by atoms with Crippen LogP contribution in [0.25, 0.3) is 0 Å². The van der Waals surface area contributed by atoms with Gasteiger partial charge in [-0.3, -0.25) is 0 Å². The maximum Gasteiger partial charge on any atom is 0.0712 e. The summed E-state index contributed by atoms with van der Waals surface area (Å²) in [7, 11) is 0. The molecule has 0 aromatic heterocycles. The van der Waals surface area contributed by atoms with Crippen molar-refractivity contribution in [2.45, 2.75) is 31.9 Å². The largest absolute Gasteiger partial charge is 0.198 e.